The summed E-state index contributed by atoms with van der Waals surface area (Å²) in [7, 11) is 0. The summed E-state index contributed by atoms with van der Waals surface area (Å²) in [5, 5.41) is 5.87. The number of nitrogens with one attached hydrogen (secondary N) is 2. The molecule has 30 heavy (non-hydrogen) atoms. The summed E-state index contributed by atoms with van der Waals surface area (Å²) >= 11 is 2.03. The summed E-state index contributed by atoms with van der Waals surface area (Å²) in [5.41, 5.74) is 3.26. The van der Waals surface area contributed by atoms with Gasteiger partial charge < -0.3 is 15.5 Å². The van der Waals surface area contributed by atoms with Gasteiger partial charge in [-0.2, -0.15) is 11.8 Å². The summed E-state index contributed by atoms with van der Waals surface area (Å²) < 4.78 is 0. The molecule has 0 bridgehead atoms. The Labute approximate surface area is 182 Å². The van der Waals surface area contributed by atoms with Gasteiger partial charge in [-0.1, -0.05) is 25.1 Å². The SMILES string of the molecule is CC1CC1C(=O)Nc1cccc(C(=O)Nc2ccc(CCN3CCSCC3)cc2)c1. The van der Waals surface area contributed by atoms with Crippen LogP contribution in [0.2, 0.25) is 0 Å². The van der Waals surface area contributed by atoms with Crippen molar-refractivity contribution >= 4 is 35.0 Å². The zero-order chi connectivity index (χ0) is 20.9. The maximum atomic E-state index is 12.6. The predicted octanol–water partition coefficient (Wildman–Crippen LogP) is 4.12. The lowest BCUT2D eigenvalue weighted by atomic mass is 10.1. The number of rotatable bonds is 7. The van der Waals surface area contributed by atoms with Crippen molar-refractivity contribution in [2.75, 3.05) is 41.8 Å². The first kappa shape index (κ1) is 20.9. The van der Waals surface area contributed by atoms with E-state index in [1.807, 2.05) is 30.0 Å². The second-order valence-corrected chi connectivity index (χ2v) is 9.47. The first-order chi connectivity index (χ1) is 14.6. The number of nitrogens with zero attached hydrogens (tertiary/aromatic N) is 1. The fourth-order valence-electron chi connectivity index (χ4n) is 3.73. The van der Waals surface area contributed by atoms with E-state index in [1.165, 1.54) is 30.2 Å². The molecule has 1 aliphatic heterocycles. The fourth-order valence-corrected chi connectivity index (χ4v) is 4.71. The Morgan fingerprint density at radius 3 is 2.47 bits per heavy atom. The van der Waals surface area contributed by atoms with Crippen molar-refractivity contribution < 1.29 is 9.59 Å². The second-order valence-electron chi connectivity index (χ2n) is 8.24. The van der Waals surface area contributed by atoms with Gasteiger partial charge in [-0.25, -0.2) is 0 Å². The van der Waals surface area contributed by atoms with Gasteiger partial charge in [0.05, 0.1) is 0 Å². The number of amides is 2. The molecule has 2 aromatic carbocycles. The van der Waals surface area contributed by atoms with Gasteiger partial charge in [0.15, 0.2) is 0 Å². The van der Waals surface area contributed by atoms with Gasteiger partial charge in [0.1, 0.15) is 0 Å². The first-order valence-electron chi connectivity index (χ1n) is 10.7. The van der Waals surface area contributed by atoms with Gasteiger partial charge in [0.25, 0.3) is 5.91 Å². The normalized spacial score (nSPS) is 21.1. The molecule has 6 heteroatoms. The smallest absolute Gasteiger partial charge is 0.255 e. The third-order valence-corrected chi connectivity index (χ3v) is 6.81. The number of benzene rings is 2. The van der Waals surface area contributed by atoms with E-state index in [-0.39, 0.29) is 17.7 Å². The van der Waals surface area contributed by atoms with Crippen LogP contribution in [0.15, 0.2) is 48.5 Å². The molecule has 2 aliphatic rings. The minimum atomic E-state index is -0.176. The van der Waals surface area contributed by atoms with Crippen molar-refractivity contribution in [2.45, 2.75) is 19.8 Å². The molecule has 2 amide bonds. The molecule has 2 aromatic rings. The quantitative estimate of drug-likeness (QED) is 0.703. The molecule has 2 atom stereocenters. The molecule has 0 aromatic heterocycles. The monoisotopic (exact) mass is 423 g/mol. The Balaban J connectivity index is 1.30. The molecule has 1 heterocycles. The highest BCUT2D eigenvalue weighted by Crippen LogP contribution is 2.38. The molecule has 2 unspecified atom stereocenters. The second kappa shape index (κ2) is 9.67. The van der Waals surface area contributed by atoms with Crippen LogP contribution in [0.25, 0.3) is 0 Å². The first-order valence-corrected chi connectivity index (χ1v) is 11.9. The summed E-state index contributed by atoms with van der Waals surface area (Å²) in [6.45, 7) is 5.52. The highest BCUT2D eigenvalue weighted by Gasteiger charge is 2.39. The van der Waals surface area contributed by atoms with Gasteiger partial charge >= 0.3 is 0 Å². The van der Waals surface area contributed by atoms with Crippen LogP contribution in [0, 0.1) is 11.8 Å². The van der Waals surface area contributed by atoms with Crippen molar-refractivity contribution in [3.05, 3.63) is 59.7 Å². The average Bonchev–Trinajstić information content (AvgIpc) is 3.51. The van der Waals surface area contributed by atoms with Crippen LogP contribution in [0.3, 0.4) is 0 Å². The lowest BCUT2D eigenvalue weighted by molar-refractivity contribution is -0.117. The Kier molecular flexibility index (Phi) is 6.75. The maximum absolute atomic E-state index is 12.6. The third kappa shape index (κ3) is 5.64. The molecule has 158 valence electrons. The molecule has 1 aliphatic carbocycles. The maximum Gasteiger partial charge on any atom is 0.255 e. The van der Waals surface area contributed by atoms with E-state index in [2.05, 4.69) is 34.6 Å². The molecular formula is C24H29N3O2S. The van der Waals surface area contributed by atoms with Gasteiger partial charge in [-0.3, -0.25) is 9.59 Å². The Morgan fingerprint density at radius 2 is 1.77 bits per heavy atom. The average molecular weight is 424 g/mol. The van der Waals surface area contributed by atoms with Crippen LogP contribution in [0.5, 0.6) is 0 Å². The molecule has 1 saturated carbocycles. The molecule has 0 radical (unpaired) electrons. The van der Waals surface area contributed by atoms with E-state index in [0.29, 0.717) is 17.2 Å². The number of hydrogen-bond donors (Lipinski definition) is 2. The minimum absolute atomic E-state index is 0.0407. The van der Waals surface area contributed by atoms with Crippen LogP contribution in [-0.4, -0.2) is 47.9 Å². The summed E-state index contributed by atoms with van der Waals surface area (Å²) in [4.78, 5) is 27.3. The van der Waals surface area contributed by atoms with Gasteiger partial charge in [0, 0.05) is 54.0 Å². The Morgan fingerprint density at radius 1 is 1.03 bits per heavy atom. The number of carbonyl (C=O) groups excluding carboxylic acids is 2. The van der Waals surface area contributed by atoms with Crippen LogP contribution in [-0.2, 0) is 11.2 Å². The highest BCUT2D eigenvalue weighted by atomic mass is 32.2. The number of anilines is 2. The van der Waals surface area contributed by atoms with E-state index in [4.69, 9.17) is 0 Å². The topological polar surface area (TPSA) is 61.4 Å². The fraction of sp³-hybridized carbons (Fsp3) is 0.417. The summed E-state index contributed by atoms with van der Waals surface area (Å²) in [5.74, 6) is 2.89. The Hall–Kier alpha value is -2.31. The van der Waals surface area contributed by atoms with Crippen LogP contribution >= 0.6 is 11.8 Å². The number of carbonyl (C=O) groups is 2. The van der Waals surface area contributed by atoms with Crippen molar-refractivity contribution in [1.82, 2.24) is 4.90 Å². The molecule has 2 fully saturated rings. The largest absolute Gasteiger partial charge is 0.326 e. The van der Waals surface area contributed by atoms with Crippen molar-refractivity contribution in [3.8, 4) is 0 Å². The zero-order valence-corrected chi connectivity index (χ0v) is 18.2. The van der Waals surface area contributed by atoms with E-state index in [9.17, 15) is 9.59 Å². The van der Waals surface area contributed by atoms with Gasteiger partial charge in [0.2, 0.25) is 5.91 Å². The van der Waals surface area contributed by atoms with Crippen LogP contribution in [0.1, 0.15) is 29.3 Å². The summed E-state index contributed by atoms with van der Waals surface area (Å²) in [6.07, 6.45) is 1.97. The molecule has 0 spiro atoms. The lowest BCUT2D eigenvalue weighted by Gasteiger charge is -2.26. The molecular weight excluding hydrogens is 394 g/mol. The van der Waals surface area contributed by atoms with E-state index < -0.39 is 0 Å². The van der Waals surface area contributed by atoms with Gasteiger partial charge in [-0.15, -0.1) is 0 Å². The van der Waals surface area contributed by atoms with Crippen molar-refractivity contribution in [3.63, 3.8) is 0 Å². The van der Waals surface area contributed by atoms with E-state index in [0.717, 1.165) is 25.1 Å². The predicted molar refractivity (Wildman–Crippen MR) is 124 cm³/mol. The van der Waals surface area contributed by atoms with E-state index in [1.54, 1.807) is 18.2 Å². The minimum Gasteiger partial charge on any atom is -0.326 e. The molecule has 4 rings (SSSR count). The van der Waals surface area contributed by atoms with Crippen LogP contribution < -0.4 is 10.6 Å². The van der Waals surface area contributed by atoms with Crippen molar-refractivity contribution in [1.29, 1.82) is 0 Å². The standard InChI is InChI=1S/C24H29N3O2S/c1-17-15-22(17)24(29)26-21-4-2-3-19(16-21)23(28)25-20-7-5-18(6-8-20)9-10-27-11-13-30-14-12-27/h2-8,16-17,22H,9-15H2,1H3,(H,25,28)(H,26,29). The summed E-state index contributed by atoms with van der Waals surface area (Å²) in [6, 6.07) is 15.2. The molecule has 2 N–H and O–H groups in total. The Bertz CT molecular complexity index is 894. The van der Waals surface area contributed by atoms with Crippen molar-refractivity contribution in [2.24, 2.45) is 11.8 Å². The number of hydrogen-bond acceptors (Lipinski definition) is 4. The van der Waals surface area contributed by atoms with E-state index >= 15 is 0 Å². The third-order valence-electron chi connectivity index (χ3n) is 5.87. The van der Waals surface area contributed by atoms with Gasteiger partial charge in [-0.05, 0) is 54.7 Å². The molecule has 5 nitrogen and oxygen atoms in total. The number of thioether (sulfide) groups is 1. The van der Waals surface area contributed by atoms with Crippen LogP contribution in [0.4, 0.5) is 11.4 Å². The highest BCUT2D eigenvalue weighted by molar-refractivity contribution is 7.99. The zero-order valence-electron chi connectivity index (χ0n) is 17.4. The lowest BCUT2D eigenvalue weighted by Crippen LogP contribution is -2.34. The molecule has 1 saturated heterocycles.